The molecule has 0 bridgehead atoms. The minimum atomic E-state index is -1.61. The van der Waals surface area contributed by atoms with Gasteiger partial charge in [0.15, 0.2) is 5.76 Å². The predicted molar refractivity (Wildman–Crippen MR) is 62.3 cm³/mol. The van der Waals surface area contributed by atoms with E-state index in [4.69, 9.17) is 9.47 Å². The number of ketones is 1. The molecule has 1 aliphatic carbocycles. The molecule has 0 amide bonds. The zero-order valence-corrected chi connectivity index (χ0v) is 11.0. The number of carbonyl (C=O) groups is 1. The summed E-state index contributed by atoms with van der Waals surface area (Å²) >= 11 is 0. The van der Waals surface area contributed by atoms with Gasteiger partial charge in [0.2, 0.25) is 5.78 Å². The Kier molecular flexibility index (Phi) is 3.21. The Morgan fingerprint density at radius 2 is 1.87 bits per heavy atom. The Bertz CT molecular complexity index is 325. The molecule has 0 fully saturated rings. The number of carbonyl (C=O) groups excluding carboxylic acids is 1. The maximum Gasteiger partial charge on any atom is 0.219 e. The van der Waals surface area contributed by atoms with E-state index in [-0.39, 0.29) is 5.78 Å². The first kappa shape index (κ1) is 12.2. The van der Waals surface area contributed by atoms with E-state index in [9.17, 15) is 4.79 Å². The second kappa shape index (κ2) is 3.94. The molecule has 1 aliphatic rings. The van der Waals surface area contributed by atoms with Gasteiger partial charge in [-0.25, -0.2) is 0 Å². The highest BCUT2D eigenvalue weighted by Crippen LogP contribution is 2.31. The van der Waals surface area contributed by atoms with E-state index in [0.29, 0.717) is 5.76 Å². The number of allylic oxidation sites excluding steroid dienone is 1. The molecule has 0 spiro atoms. The Balaban J connectivity index is 3.19. The molecule has 84 valence electrons. The lowest BCUT2D eigenvalue weighted by Crippen LogP contribution is -2.52. The number of rotatable bonds is 3. The van der Waals surface area contributed by atoms with Crippen LogP contribution in [0.5, 0.6) is 0 Å². The molecule has 0 saturated heterocycles. The quantitative estimate of drug-likeness (QED) is 0.690. The van der Waals surface area contributed by atoms with E-state index >= 15 is 0 Å². The monoisotopic (exact) mass is 226 g/mol. The maximum absolute atomic E-state index is 11.4. The van der Waals surface area contributed by atoms with Gasteiger partial charge < -0.3 is 9.47 Å². The van der Waals surface area contributed by atoms with Crippen LogP contribution in [-0.4, -0.2) is 33.3 Å². The summed E-state index contributed by atoms with van der Waals surface area (Å²) in [6.45, 7) is 6.58. The summed E-state index contributed by atoms with van der Waals surface area (Å²) in [5, 5.41) is -0.438. The molecule has 0 aliphatic heterocycles. The highest BCUT2D eigenvalue weighted by Gasteiger charge is 2.42. The summed E-state index contributed by atoms with van der Waals surface area (Å²) in [4.78, 5) is 11.4. The first-order chi connectivity index (χ1) is 6.86. The molecule has 0 aromatic rings. The third kappa shape index (κ3) is 2.05. The van der Waals surface area contributed by atoms with Crippen molar-refractivity contribution in [3.05, 3.63) is 24.0 Å². The highest BCUT2D eigenvalue weighted by molar-refractivity contribution is 6.80. The van der Waals surface area contributed by atoms with Crippen LogP contribution in [-0.2, 0) is 14.3 Å². The van der Waals surface area contributed by atoms with Gasteiger partial charge in [-0.3, -0.25) is 4.79 Å². The van der Waals surface area contributed by atoms with Crippen LogP contribution in [0, 0.1) is 0 Å². The highest BCUT2D eigenvalue weighted by atomic mass is 28.3. The zero-order chi connectivity index (χ0) is 11.7. The summed E-state index contributed by atoms with van der Waals surface area (Å²) in [6.07, 6.45) is 5.20. The summed E-state index contributed by atoms with van der Waals surface area (Å²) < 4.78 is 10.6. The smallest absolute Gasteiger partial charge is 0.219 e. The molecule has 1 unspecified atom stereocenters. The van der Waals surface area contributed by atoms with Crippen molar-refractivity contribution >= 4 is 13.9 Å². The van der Waals surface area contributed by atoms with Crippen molar-refractivity contribution in [2.75, 3.05) is 14.2 Å². The molecular formula is C11H18O3Si. The molecular weight excluding hydrogens is 208 g/mol. The van der Waals surface area contributed by atoms with Crippen molar-refractivity contribution in [2.24, 2.45) is 0 Å². The molecule has 0 aromatic heterocycles. The van der Waals surface area contributed by atoms with Crippen LogP contribution >= 0.6 is 0 Å². The summed E-state index contributed by atoms with van der Waals surface area (Å²) in [5.74, 6) is 0.283. The second-order valence-electron chi connectivity index (χ2n) is 4.66. The molecule has 1 rings (SSSR count). The molecule has 1 atom stereocenters. The first-order valence-electron chi connectivity index (χ1n) is 4.92. The third-order valence-electron chi connectivity index (χ3n) is 2.80. The van der Waals surface area contributed by atoms with Gasteiger partial charge in [-0.15, -0.1) is 0 Å². The van der Waals surface area contributed by atoms with Gasteiger partial charge in [-0.2, -0.15) is 0 Å². The Morgan fingerprint density at radius 1 is 1.27 bits per heavy atom. The summed E-state index contributed by atoms with van der Waals surface area (Å²) in [6, 6.07) is 0. The number of hydrogen-bond donors (Lipinski definition) is 0. The van der Waals surface area contributed by atoms with Gasteiger partial charge in [0.25, 0.3) is 0 Å². The van der Waals surface area contributed by atoms with Crippen molar-refractivity contribution in [1.29, 1.82) is 0 Å². The van der Waals surface area contributed by atoms with Crippen LogP contribution in [0.15, 0.2) is 24.0 Å². The van der Waals surface area contributed by atoms with Crippen molar-refractivity contribution < 1.29 is 14.3 Å². The van der Waals surface area contributed by atoms with Crippen molar-refractivity contribution in [2.45, 2.75) is 24.9 Å². The topological polar surface area (TPSA) is 35.5 Å². The van der Waals surface area contributed by atoms with Gasteiger partial charge in [0.05, 0.1) is 20.4 Å². The predicted octanol–water partition coefficient (Wildman–Crippen LogP) is 1.92. The molecule has 15 heavy (non-hydrogen) atoms. The van der Waals surface area contributed by atoms with Crippen LogP contribution < -0.4 is 0 Å². The van der Waals surface area contributed by atoms with Gasteiger partial charge in [0.1, 0.15) is 0 Å². The standard InChI is InChI=1S/C11H18O3Si/c1-13-10-8-11(14-2,15(3,4)5)7-6-9(10)12/h6-8H,1-5H3. The SMILES string of the molecule is COC1=CC(OC)([Si](C)(C)C)C=CC1=O. The number of hydrogen-bond acceptors (Lipinski definition) is 3. The lowest BCUT2D eigenvalue weighted by atomic mass is 10.1. The average Bonchev–Trinajstić information content (AvgIpc) is 2.17. The molecule has 0 N–H and O–H groups in total. The van der Waals surface area contributed by atoms with Crippen molar-refractivity contribution in [3.63, 3.8) is 0 Å². The van der Waals surface area contributed by atoms with E-state index in [0.717, 1.165) is 0 Å². The lowest BCUT2D eigenvalue weighted by Gasteiger charge is -2.39. The number of ether oxygens (including phenoxy) is 2. The van der Waals surface area contributed by atoms with Crippen molar-refractivity contribution in [1.82, 2.24) is 0 Å². The Hall–Kier alpha value is -0.873. The molecule has 3 nitrogen and oxygen atoms in total. The minimum absolute atomic E-state index is 0.0941. The van der Waals surface area contributed by atoms with E-state index in [2.05, 4.69) is 19.6 Å². The van der Waals surface area contributed by atoms with Crippen LogP contribution in [0.25, 0.3) is 0 Å². The van der Waals surface area contributed by atoms with Gasteiger partial charge in [0, 0.05) is 7.11 Å². The fourth-order valence-corrected chi connectivity index (χ4v) is 3.41. The van der Waals surface area contributed by atoms with E-state index in [1.165, 1.54) is 7.11 Å². The van der Waals surface area contributed by atoms with Crippen molar-refractivity contribution in [3.8, 4) is 0 Å². The maximum atomic E-state index is 11.4. The lowest BCUT2D eigenvalue weighted by molar-refractivity contribution is -0.114. The fraction of sp³-hybridized carbons (Fsp3) is 0.545. The fourth-order valence-electron chi connectivity index (χ4n) is 1.65. The van der Waals surface area contributed by atoms with E-state index in [1.807, 2.05) is 12.2 Å². The zero-order valence-electron chi connectivity index (χ0n) is 9.96. The average molecular weight is 226 g/mol. The molecule has 0 radical (unpaired) electrons. The third-order valence-corrected chi connectivity index (χ3v) is 5.66. The van der Waals surface area contributed by atoms with Crippen LogP contribution in [0.1, 0.15) is 0 Å². The molecule has 0 aromatic carbocycles. The van der Waals surface area contributed by atoms with Gasteiger partial charge >= 0.3 is 0 Å². The molecule has 0 heterocycles. The van der Waals surface area contributed by atoms with E-state index in [1.54, 1.807) is 13.2 Å². The van der Waals surface area contributed by atoms with Gasteiger partial charge in [-0.1, -0.05) is 19.6 Å². The van der Waals surface area contributed by atoms with Crippen LogP contribution in [0.2, 0.25) is 19.6 Å². The largest absolute Gasteiger partial charge is 0.493 e. The number of methoxy groups -OCH3 is 2. The summed E-state index contributed by atoms with van der Waals surface area (Å²) in [7, 11) is 1.56. The second-order valence-corrected chi connectivity index (χ2v) is 9.94. The van der Waals surface area contributed by atoms with Crippen LogP contribution in [0.3, 0.4) is 0 Å². The Morgan fingerprint density at radius 3 is 2.27 bits per heavy atom. The molecule has 0 saturated carbocycles. The van der Waals surface area contributed by atoms with Crippen LogP contribution in [0.4, 0.5) is 0 Å². The van der Waals surface area contributed by atoms with E-state index < -0.39 is 13.3 Å². The first-order valence-corrected chi connectivity index (χ1v) is 8.42. The normalized spacial score (nSPS) is 26.5. The minimum Gasteiger partial charge on any atom is -0.493 e. The summed E-state index contributed by atoms with van der Waals surface area (Å²) in [5.41, 5.74) is 0. The van der Waals surface area contributed by atoms with Gasteiger partial charge in [-0.05, 0) is 18.2 Å². The molecule has 4 heteroatoms. The Labute approximate surface area is 91.8 Å².